The van der Waals surface area contributed by atoms with E-state index < -0.39 is 18.0 Å². The number of ketones is 1. The average Bonchev–Trinajstić information content (AvgIpc) is 2.46. The maximum Gasteiger partial charge on any atom is 0.321 e. The molecule has 4 heteroatoms. The lowest BCUT2D eigenvalue weighted by Crippen LogP contribution is -2.39. The van der Waals surface area contributed by atoms with Gasteiger partial charge >= 0.3 is 5.97 Å². The molecule has 0 heterocycles. The smallest absolute Gasteiger partial charge is 0.321 e. The fourth-order valence-corrected chi connectivity index (χ4v) is 1.57. The number of Topliss-reactive ketones (excluding diaryl/α,β-unsaturated/α-hetero) is 1. The van der Waals surface area contributed by atoms with Crippen LogP contribution in [0, 0.1) is 5.41 Å². The Hall–Kier alpha value is -0.900. The van der Waals surface area contributed by atoms with Crippen LogP contribution < -0.4 is 0 Å². The Balaban J connectivity index is 2.88. The van der Waals surface area contributed by atoms with Crippen LogP contribution in [0.15, 0.2) is 0 Å². The lowest BCUT2D eigenvalue weighted by atomic mass is 9.86. The van der Waals surface area contributed by atoms with Gasteiger partial charge in [0.15, 0.2) is 5.78 Å². The van der Waals surface area contributed by atoms with Gasteiger partial charge in [0, 0.05) is 6.42 Å². The molecule has 0 aromatic heterocycles. The predicted molar refractivity (Wildman–Crippen MR) is 40.4 cm³/mol. The van der Waals surface area contributed by atoms with Crippen LogP contribution >= 0.6 is 0 Å². The van der Waals surface area contributed by atoms with Crippen LogP contribution in [0.25, 0.3) is 0 Å². The molecule has 0 aliphatic heterocycles. The van der Waals surface area contributed by atoms with E-state index in [1.165, 1.54) is 7.11 Å². The largest absolute Gasteiger partial charge is 0.468 e. The molecule has 1 saturated carbocycles. The number of carbonyl (C=O) groups is 2. The summed E-state index contributed by atoms with van der Waals surface area (Å²) in [5.74, 6) is -0.802. The van der Waals surface area contributed by atoms with Crippen molar-refractivity contribution < 1.29 is 19.4 Å². The number of methoxy groups -OCH3 is 1. The van der Waals surface area contributed by atoms with Crippen molar-refractivity contribution in [2.45, 2.75) is 19.3 Å². The summed E-state index contributed by atoms with van der Waals surface area (Å²) in [5, 5.41) is 8.97. The van der Waals surface area contributed by atoms with E-state index in [1.807, 2.05) is 0 Å². The highest BCUT2D eigenvalue weighted by Gasteiger charge is 2.49. The van der Waals surface area contributed by atoms with E-state index in [4.69, 9.17) is 5.11 Å². The second-order valence-corrected chi connectivity index (χ2v) is 3.01. The number of hydrogen-bond acceptors (Lipinski definition) is 4. The fraction of sp³-hybridized carbons (Fsp3) is 0.750. The van der Waals surface area contributed by atoms with Gasteiger partial charge in [0.25, 0.3) is 0 Å². The maximum absolute atomic E-state index is 11.3. The summed E-state index contributed by atoms with van der Waals surface area (Å²) >= 11 is 0. The monoisotopic (exact) mass is 172 g/mol. The molecule has 1 rings (SSSR count). The van der Waals surface area contributed by atoms with Gasteiger partial charge in [-0.3, -0.25) is 9.59 Å². The molecular weight excluding hydrogens is 160 g/mol. The Morgan fingerprint density at radius 3 is 2.75 bits per heavy atom. The SMILES string of the molecule is COC(=O)[C@]1(CO)CCCC1=O. The molecule has 0 aromatic rings. The standard InChI is InChI=1S/C8H12O4/c1-12-7(11)8(5-9)4-2-3-6(8)10/h9H,2-5H2,1H3/t8-/m0/s1. The van der Waals surface area contributed by atoms with E-state index in [1.54, 1.807) is 0 Å². The first kappa shape index (κ1) is 9.19. The number of hydrogen-bond donors (Lipinski definition) is 1. The van der Waals surface area contributed by atoms with Crippen molar-refractivity contribution in [1.82, 2.24) is 0 Å². The molecule has 1 N–H and O–H groups in total. The van der Waals surface area contributed by atoms with Gasteiger partial charge in [-0.25, -0.2) is 0 Å². The summed E-state index contributed by atoms with van der Waals surface area (Å²) < 4.78 is 4.48. The fourth-order valence-electron chi connectivity index (χ4n) is 1.57. The molecule has 1 atom stereocenters. The van der Waals surface area contributed by atoms with E-state index in [0.717, 1.165) is 0 Å². The molecule has 0 unspecified atom stereocenters. The van der Waals surface area contributed by atoms with Gasteiger partial charge < -0.3 is 9.84 Å². The van der Waals surface area contributed by atoms with Crippen molar-refractivity contribution in [3.05, 3.63) is 0 Å². The third kappa shape index (κ3) is 1.12. The van der Waals surface area contributed by atoms with E-state index in [-0.39, 0.29) is 5.78 Å². The molecule has 0 amide bonds. The first-order valence-corrected chi connectivity index (χ1v) is 3.90. The summed E-state index contributed by atoms with van der Waals surface area (Å²) in [6, 6.07) is 0. The third-order valence-corrected chi connectivity index (χ3v) is 2.39. The summed E-state index contributed by atoms with van der Waals surface area (Å²) in [6.07, 6.45) is 1.44. The molecule has 0 saturated heterocycles. The molecule has 0 aromatic carbocycles. The Morgan fingerprint density at radius 1 is 1.75 bits per heavy atom. The van der Waals surface area contributed by atoms with Crippen LogP contribution in [0.4, 0.5) is 0 Å². The number of esters is 1. The Kier molecular flexibility index (Phi) is 2.47. The number of carbonyl (C=O) groups excluding carboxylic acids is 2. The number of aliphatic hydroxyl groups excluding tert-OH is 1. The van der Waals surface area contributed by atoms with Crippen molar-refractivity contribution in [3.63, 3.8) is 0 Å². The van der Waals surface area contributed by atoms with E-state index in [2.05, 4.69) is 4.74 Å². The molecule has 0 radical (unpaired) electrons. The van der Waals surface area contributed by atoms with Crippen molar-refractivity contribution in [2.24, 2.45) is 5.41 Å². The summed E-state index contributed by atoms with van der Waals surface area (Å²) in [6.45, 7) is -0.432. The van der Waals surface area contributed by atoms with Crippen LogP contribution in [0.3, 0.4) is 0 Å². The van der Waals surface area contributed by atoms with Crippen molar-refractivity contribution in [1.29, 1.82) is 0 Å². The van der Waals surface area contributed by atoms with Gasteiger partial charge in [-0.05, 0) is 12.8 Å². The number of aliphatic hydroxyl groups is 1. The van der Waals surface area contributed by atoms with Gasteiger partial charge in [-0.1, -0.05) is 0 Å². The molecule has 4 nitrogen and oxygen atoms in total. The quantitative estimate of drug-likeness (QED) is 0.466. The molecule has 0 spiro atoms. The van der Waals surface area contributed by atoms with Crippen molar-refractivity contribution >= 4 is 11.8 Å². The Bertz CT molecular complexity index is 211. The van der Waals surface area contributed by atoms with Crippen LogP contribution in [0.5, 0.6) is 0 Å². The lowest BCUT2D eigenvalue weighted by Gasteiger charge is -2.20. The summed E-state index contributed by atoms with van der Waals surface area (Å²) in [5.41, 5.74) is -1.24. The van der Waals surface area contributed by atoms with Gasteiger partial charge in [-0.2, -0.15) is 0 Å². The lowest BCUT2D eigenvalue weighted by molar-refractivity contribution is -0.159. The maximum atomic E-state index is 11.3. The van der Waals surface area contributed by atoms with E-state index in [9.17, 15) is 9.59 Å². The van der Waals surface area contributed by atoms with E-state index in [0.29, 0.717) is 19.3 Å². The molecule has 1 aliphatic rings. The van der Waals surface area contributed by atoms with Gasteiger partial charge in [0.1, 0.15) is 5.41 Å². The summed E-state index contributed by atoms with van der Waals surface area (Å²) in [4.78, 5) is 22.4. The molecule has 12 heavy (non-hydrogen) atoms. The Morgan fingerprint density at radius 2 is 2.42 bits per heavy atom. The molecule has 1 aliphatic carbocycles. The average molecular weight is 172 g/mol. The minimum Gasteiger partial charge on any atom is -0.468 e. The predicted octanol–water partition coefficient (Wildman–Crippen LogP) is -0.109. The zero-order valence-electron chi connectivity index (χ0n) is 7.00. The first-order chi connectivity index (χ1) is 5.67. The Labute approximate surface area is 70.5 Å². The minimum absolute atomic E-state index is 0.197. The normalized spacial score (nSPS) is 29.0. The molecule has 68 valence electrons. The molecule has 0 bridgehead atoms. The van der Waals surface area contributed by atoms with E-state index >= 15 is 0 Å². The minimum atomic E-state index is -1.24. The summed E-state index contributed by atoms with van der Waals surface area (Å²) in [7, 11) is 1.23. The highest BCUT2D eigenvalue weighted by molar-refractivity contribution is 6.05. The second-order valence-electron chi connectivity index (χ2n) is 3.01. The molecule has 1 fully saturated rings. The van der Waals surface area contributed by atoms with Gasteiger partial charge in [0.2, 0.25) is 0 Å². The van der Waals surface area contributed by atoms with Crippen molar-refractivity contribution in [3.8, 4) is 0 Å². The highest BCUT2D eigenvalue weighted by atomic mass is 16.5. The third-order valence-electron chi connectivity index (χ3n) is 2.39. The second kappa shape index (κ2) is 3.23. The van der Waals surface area contributed by atoms with Crippen LogP contribution in [0.1, 0.15) is 19.3 Å². The van der Waals surface area contributed by atoms with Crippen LogP contribution in [-0.4, -0.2) is 30.6 Å². The number of rotatable bonds is 2. The molecular formula is C8H12O4. The first-order valence-electron chi connectivity index (χ1n) is 3.90. The van der Waals surface area contributed by atoms with Gasteiger partial charge in [0.05, 0.1) is 13.7 Å². The van der Waals surface area contributed by atoms with Crippen LogP contribution in [0.2, 0.25) is 0 Å². The van der Waals surface area contributed by atoms with Crippen molar-refractivity contribution in [2.75, 3.05) is 13.7 Å². The zero-order valence-corrected chi connectivity index (χ0v) is 7.00. The van der Waals surface area contributed by atoms with Gasteiger partial charge in [-0.15, -0.1) is 0 Å². The van der Waals surface area contributed by atoms with Crippen LogP contribution in [-0.2, 0) is 14.3 Å². The highest BCUT2D eigenvalue weighted by Crippen LogP contribution is 2.35. The number of ether oxygens (including phenoxy) is 1. The zero-order chi connectivity index (χ0) is 9.19. The topological polar surface area (TPSA) is 63.6 Å².